The van der Waals surface area contributed by atoms with Crippen molar-refractivity contribution in [3.05, 3.63) is 83.1 Å². The normalized spacial score (nSPS) is 14.0. The van der Waals surface area contributed by atoms with Crippen molar-refractivity contribution >= 4 is 11.3 Å². The second-order valence-electron chi connectivity index (χ2n) is 8.34. The van der Waals surface area contributed by atoms with E-state index >= 15 is 0 Å². The number of nitrogens with zero attached hydrogens (tertiary/aromatic N) is 6. The van der Waals surface area contributed by atoms with Crippen LogP contribution in [0.2, 0.25) is 0 Å². The van der Waals surface area contributed by atoms with Crippen LogP contribution in [-0.4, -0.2) is 35.8 Å². The van der Waals surface area contributed by atoms with E-state index in [0.29, 0.717) is 5.89 Å². The van der Waals surface area contributed by atoms with Crippen LogP contribution < -0.4 is 0 Å². The van der Waals surface area contributed by atoms with E-state index in [1.165, 1.54) is 5.69 Å². The summed E-state index contributed by atoms with van der Waals surface area (Å²) in [4.78, 5) is 13.2. The Balaban J connectivity index is 1.23. The molecular weight excluding hydrogens is 432 g/mol. The summed E-state index contributed by atoms with van der Waals surface area (Å²) in [5.74, 6) is 2.60. The second kappa shape index (κ2) is 8.13. The molecule has 0 fully saturated rings. The molecule has 7 nitrogen and oxygen atoms in total. The Labute approximate surface area is 196 Å². The lowest BCUT2D eigenvalue weighted by Gasteiger charge is -2.28. The summed E-state index contributed by atoms with van der Waals surface area (Å²) in [7, 11) is 0. The number of para-hydroxylation sites is 1. The molecule has 0 radical (unpaired) electrons. The molecule has 5 heterocycles. The first-order valence-electron chi connectivity index (χ1n) is 11.0. The first-order chi connectivity index (χ1) is 16.2. The van der Waals surface area contributed by atoms with Gasteiger partial charge in [-0.15, -0.1) is 11.3 Å². The number of aryl methyl sites for hydroxylation is 2. The smallest absolute Gasteiger partial charge is 0.236 e. The van der Waals surface area contributed by atoms with Crippen molar-refractivity contribution < 1.29 is 4.42 Å². The molecule has 0 atom stereocenters. The average molecular weight is 457 g/mol. The van der Waals surface area contributed by atoms with E-state index in [0.717, 1.165) is 65.3 Å². The summed E-state index contributed by atoms with van der Waals surface area (Å²) in [5, 5.41) is 6.61. The lowest BCUT2D eigenvalue weighted by atomic mass is 10.2. The van der Waals surface area contributed by atoms with E-state index < -0.39 is 0 Å². The van der Waals surface area contributed by atoms with Gasteiger partial charge in [0, 0.05) is 32.4 Å². The van der Waals surface area contributed by atoms with E-state index in [1.807, 2.05) is 53.5 Å². The molecule has 1 aliphatic rings. The van der Waals surface area contributed by atoms with Crippen molar-refractivity contribution in [1.29, 1.82) is 0 Å². The van der Waals surface area contributed by atoms with Gasteiger partial charge in [-0.05, 0) is 37.4 Å². The Hall–Kier alpha value is -3.49. The van der Waals surface area contributed by atoms with Crippen LogP contribution in [0.5, 0.6) is 0 Å². The third-order valence-electron chi connectivity index (χ3n) is 6.15. The minimum absolute atomic E-state index is 0.716. The Bertz CT molecular complexity index is 1400. The number of rotatable bonds is 5. The van der Waals surface area contributed by atoms with Gasteiger partial charge in [0.2, 0.25) is 5.89 Å². The molecule has 6 rings (SSSR count). The molecule has 0 saturated heterocycles. The number of oxazole rings is 1. The van der Waals surface area contributed by atoms with Crippen LogP contribution in [0.25, 0.3) is 27.8 Å². The number of hydrogen-bond donors (Lipinski definition) is 0. The van der Waals surface area contributed by atoms with Gasteiger partial charge in [-0.2, -0.15) is 5.10 Å². The highest BCUT2D eigenvalue weighted by molar-refractivity contribution is 7.13. The van der Waals surface area contributed by atoms with Crippen molar-refractivity contribution in [2.45, 2.75) is 33.5 Å². The number of imidazole rings is 1. The van der Waals surface area contributed by atoms with Gasteiger partial charge in [-0.3, -0.25) is 4.90 Å². The molecule has 1 aromatic carbocycles. The fourth-order valence-electron chi connectivity index (χ4n) is 4.39. The standard InChI is InChI=1S/C25H24N6OS/c1-17-22-16-29(15-21-18(2)32-25(28-21)23-9-6-12-33-23)10-11-30(22)24(27-17)19-13-26-31(14-19)20-7-4-3-5-8-20/h3-9,12-14H,10-11,15-16H2,1-2H3. The quantitative estimate of drug-likeness (QED) is 0.369. The molecule has 0 aliphatic carbocycles. The third-order valence-corrected chi connectivity index (χ3v) is 7.00. The van der Waals surface area contributed by atoms with Crippen LogP contribution in [0.1, 0.15) is 22.8 Å². The van der Waals surface area contributed by atoms with Crippen molar-refractivity contribution in [2.24, 2.45) is 0 Å². The van der Waals surface area contributed by atoms with Crippen molar-refractivity contribution in [1.82, 2.24) is 29.2 Å². The van der Waals surface area contributed by atoms with Crippen molar-refractivity contribution in [3.8, 4) is 27.8 Å². The summed E-state index contributed by atoms with van der Waals surface area (Å²) in [6, 6.07) is 14.2. The number of fused-ring (bicyclic) bond motifs is 1. The highest BCUT2D eigenvalue weighted by Gasteiger charge is 2.25. The molecular formula is C25H24N6OS. The Morgan fingerprint density at radius 3 is 2.73 bits per heavy atom. The maximum atomic E-state index is 5.94. The molecule has 4 aromatic heterocycles. The van der Waals surface area contributed by atoms with Crippen LogP contribution in [0.15, 0.2) is 64.7 Å². The predicted octanol–water partition coefficient (Wildman–Crippen LogP) is 5.08. The van der Waals surface area contributed by atoms with Crippen LogP contribution in [0, 0.1) is 13.8 Å². The van der Waals surface area contributed by atoms with Crippen LogP contribution in [-0.2, 0) is 19.6 Å². The maximum Gasteiger partial charge on any atom is 0.236 e. The molecule has 0 unspecified atom stereocenters. The third kappa shape index (κ3) is 3.71. The number of benzene rings is 1. The van der Waals surface area contributed by atoms with E-state index in [4.69, 9.17) is 14.4 Å². The molecule has 1 aliphatic heterocycles. The van der Waals surface area contributed by atoms with Gasteiger partial charge in [-0.25, -0.2) is 14.6 Å². The van der Waals surface area contributed by atoms with Crippen molar-refractivity contribution in [3.63, 3.8) is 0 Å². The van der Waals surface area contributed by atoms with E-state index in [-0.39, 0.29) is 0 Å². The second-order valence-corrected chi connectivity index (χ2v) is 9.29. The highest BCUT2D eigenvalue weighted by Crippen LogP contribution is 2.29. The minimum atomic E-state index is 0.716. The van der Waals surface area contributed by atoms with Gasteiger partial charge < -0.3 is 8.98 Å². The molecule has 0 bridgehead atoms. The predicted molar refractivity (Wildman–Crippen MR) is 128 cm³/mol. The average Bonchev–Trinajstić information content (AvgIpc) is 3.63. The summed E-state index contributed by atoms with van der Waals surface area (Å²) < 4.78 is 10.2. The molecule has 33 heavy (non-hydrogen) atoms. The molecule has 0 saturated carbocycles. The lowest BCUT2D eigenvalue weighted by Crippen LogP contribution is -2.33. The Morgan fingerprint density at radius 2 is 1.91 bits per heavy atom. The van der Waals surface area contributed by atoms with Gasteiger partial charge in [0.05, 0.1) is 39.4 Å². The lowest BCUT2D eigenvalue weighted by molar-refractivity contribution is 0.210. The number of hydrogen-bond acceptors (Lipinski definition) is 6. The van der Waals surface area contributed by atoms with Gasteiger partial charge >= 0.3 is 0 Å². The molecule has 0 amide bonds. The maximum absolute atomic E-state index is 5.94. The Morgan fingerprint density at radius 1 is 1.03 bits per heavy atom. The summed E-state index contributed by atoms with van der Waals surface area (Å²) >= 11 is 1.65. The number of aromatic nitrogens is 5. The first-order valence-corrected chi connectivity index (χ1v) is 11.9. The topological polar surface area (TPSA) is 64.9 Å². The largest absolute Gasteiger partial charge is 0.440 e. The zero-order chi connectivity index (χ0) is 22.4. The van der Waals surface area contributed by atoms with E-state index in [9.17, 15) is 0 Å². The SMILES string of the molecule is Cc1nc(-c2cnn(-c3ccccc3)c2)n2c1CN(Cc1nc(-c3cccs3)oc1C)CC2. The molecule has 8 heteroatoms. The first kappa shape index (κ1) is 20.1. The molecule has 0 N–H and O–H groups in total. The van der Waals surface area contributed by atoms with Gasteiger partial charge in [0.1, 0.15) is 11.6 Å². The summed E-state index contributed by atoms with van der Waals surface area (Å²) in [6.07, 6.45) is 3.96. The minimum Gasteiger partial charge on any atom is -0.440 e. The fourth-order valence-corrected chi connectivity index (χ4v) is 5.04. The van der Waals surface area contributed by atoms with Crippen LogP contribution in [0.4, 0.5) is 0 Å². The summed E-state index contributed by atoms with van der Waals surface area (Å²) in [5.41, 5.74) is 5.41. The van der Waals surface area contributed by atoms with E-state index in [2.05, 4.69) is 39.8 Å². The fraction of sp³-hybridized carbons (Fsp3) is 0.240. The van der Waals surface area contributed by atoms with Gasteiger partial charge in [0.25, 0.3) is 0 Å². The van der Waals surface area contributed by atoms with E-state index in [1.54, 1.807) is 11.3 Å². The van der Waals surface area contributed by atoms with Crippen LogP contribution in [0.3, 0.4) is 0 Å². The van der Waals surface area contributed by atoms with Gasteiger partial charge in [-0.1, -0.05) is 24.3 Å². The molecule has 5 aromatic rings. The molecule has 0 spiro atoms. The molecule has 166 valence electrons. The van der Waals surface area contributed by atoms with Gasteiger partial charge in [0.15, 0.2) is 0 Å². The highest BCUT2D eigenvalue weighted by atomic mass is 32.1. The zero-order valence-electron chi connectivity index (χ0n) is 18.6. The number of thiophene rings is 1. The summed E-state index contributed by atoms with van der Waals surface area (Å²) in [6.45, 7) is 7.52. The van der Waals surface area contributed by atoms with Crippen molar-refractivity contribution in [2.75, 3.05) is 6.54 Å². The monoisotopic (exact) mass is 456 g/mol. The zero-order valence-corrected chi connectivity index (χ0v) is 19.4. The van der Waals surface area contributed by atoms with Crippen LogP contribution >= 0.6 is 11.3 Å². The Kier molecular flexibility index (Phi) is 4.96.